The van der Waals surface area contributed by atoms with Crippen LogP contribution in [0, 0.1) is 0 Å². The van der Waals surface area contributed by atoms with Crippen LogP contribution in [0.15, 0.2) is 109 Å². The Morgan fingerprint density at radius 3 is 1.88 bits per heavy atom. The number of hydrogen-bond donors (Lipinski definition) is 1. The summed E-state index contributed by atoms with van der Waals surface area (Å²) < 4.78 is 17.5. The van der Waals surface area contributed by atoms with Crippen LogP contribution in [-0.4, -0.2) is 19.8 Å². The lowest BCUT2D eigenvalue weighted by Gasteiger charge is -2.14. The average Bonchev–Trinajstić information content (AvgIpc) is 2.88. The number of anilines is 1. The van der Waals surface area contributed by atoms with E-state index in [1.807, 2.05) is 72.8 Å². The van der Waals surface area contributed by atoms with Crippen LogP contribution in [0.3, 0.4) is 0 Å². The summed E-state index contributed by atoms with van der Waals surface area (Å²) in [4.78, 5) is 0. The Morgan fingerprint density at radius 1 is 0.485 bits per heavy atom. The van der Waals surface area contributed by atoms with E-state index in [1.54, 1.807) is 0 Å². The first-order valence-corrected chi connectivity index (χ1v) is 11.3. The fourth-order valence-electron chi connectivity index (χ4n) is 3.40. The van der Waals surface area contributed by atoms with Crippen molar-refractivity contribution in [2.24, 2.45) is 0 Å². The average molecular weight is 440 g/mol. The lowest BCUT2D eigenvalue weighted by molar-refractivity contribution is 0.218. The molecule has 0 aliphatic rings. The maximum Gasteiger partial charge on any atom is 0.142 e. The van der Waals surface area contributed by atoms with Crippen molar-refractivity contribution in [1.82, 2.24) is 0 Å². The molecule has 0 unspecified atom stereocenters. The smallest absolute Gasteiger partial charge is 0.142 e. The van der Waals surface area contributed by atoms with Crippen molar-refractivity contribution >= 4 is 5.69 Å². The minimum Gasteiger partial charge on any atom is -0.493 e. The molecule has 168 valence electrons. The summed E-state index contributed by atoms with van der Waals surface area (Å²) in [5.41, 5.74) is 3.42. The predicted molar refractivity (Wildman–Crippen MR) is 133 cm³/mol. The van der Waals surface area contributed by atoms with Gasteiger partial charge in [0.1, 0.15) is 30.5 Å². The van der Waals surface area contributed by atoms with Gasteiger partial charge in [-0.2, -0.15) is 0 Å². The zero-order chi connectivity index (χ0) is 22.6. The Hall–Kier alpha value is -3.92. The summed E-state index contributed by atoms with van der Waals surface area (Å²) in [7, 11) is 0. The van der Waals surface area contributed by atoms with Gasteiger partial charge in [-0.25, -0.2) is 0 Å². The molecule has 4 nitrogen and oxygen atoms in total. The van der Waals surface area contributed by atoms with E-state index < -0.39 is 0 Å². The minimum absolute atomic E-state index is 0.475. The molecule has 0 fully saturated rings. The fraction of sp³-hybridized carbons (Fsp3) is 0.172. The fourth-order valence-corrected chi connectivity index (χ4v) is 3.40. The van der Waals surface area contributed by atoms with E-state index in [0.717, 1.165) is 29.4 Å². The molecule has 0 spiro atoms. The molecule has 4 rings (SSSR count). The molecule has 0 saturated carbocycles. The maximum atomic E-state index is 5.94. The highest BCUT2D eigenvalue weighted by atomic mass is 16.5. The Labute approximate surface area is 195 Å². The van der Waals surface area contributed by atoms with Crippen molar-refractivity contribution in [3.63, 3.8) is 0 Å². The maximum absolute atomic E-state index is 5.94. The van der Waals surface area contributed by atoms with Crippen molar-refractivity contribution < 1.29 is 14.2 Å². The standard InChI is InChI=1S/C29H29NO3/c1-3-9-24(10-4-1)19-20-31-27-17-15-25(16-18-27)23-30-28-13-7-8-14-29(28)33-22-21-32-26-11-5-2-6-12-26/h1-18,30H,19-23H2. The lowest BCUT2D eigenvalue weighted by Crippen LogP contribution is -2.10. The molecule has 33 heavy (non-hydrogen) atoms. The van der Waals surface area contributed by atoms with E-state index in [2.05, 4.69) is 41.7 Å². The van der Waals surface area contributed by atoms with Gasteiger partial charge in [-0.15, -0.1) is 0 Å². The van der Waals surface area contributed by atoms with Crippen LogP contribution >= 0.6 is 0 Å². The summed E-state index contributed by atoms with van der Waals surface area (Å²) in [6.07, 6.45) is 0.900. The Morgan fingerprint density at radius 2 is 1.09 bits per heavy atom. The first-order chi connectivity index (χ1) is 16.4. The lowest BCUT2D eigenvalue weighted by atomic mass is 10.2. The van der Waals surface area contributed by atoms with Crippen LogP contribution in [0.4, 0.5) is 5.69 Å². The van der Waals surface area contributed by atoms with Crippen molar-refractivity contribution in [3.8, 4) is 17.2 Å². The third kappa shape index (κ3) is 7.32. The first kappa shape index (κ1) is 22.3. The highest BCUT2D eigenvalue weighted by Gasteiger charge is 2.04. The second kappa shape index (κ2) is 12.2. The highest BCUT2D eigenvalue weighted by molar-refractivity contribution is 5.56. The Kier molecular flexibility index (Phi) is 8.24. The van der Waals surface area contributed by atoms with Crippen LogP contribution in [0.1, 0.15) is 11.1 Å². The zero-order valence-electron chi connectivity index (χ0n) is 18.7. The summed E-state index contributed by atoms with van der Waals surface area (Å²) in [6, 6.07) is 36.3. The number of rotatable bonds is 12. The van der Waals surface area contributed by atoms with Gasteiger partial charge in [0.2, 0.25) is 0 Å². The molecule has 4 aromatic rings. The number of hydrogen-bond acceptors (Lipinski definition) is 4. The largest absolute Gasteiger partial charge is 0.493 e. The molecule has 0 aromatic heterocycles. The van der Waals surface area contributed by atoms with Crippen molar-refractivity contribution in [1.29, 1.82) is 0 Å². The van der Waals surface area contributed by atoms with Gasteiger partial charge in [-0.3, -0.25) is 0 Å². The molecular formula is C29H29NO3. The summed E-state index contributed by atoms with van der Waals surface area (Å²) in [6.45, 7) is 2.33. The SMILES string of the molecule is c1ccc(CCOc2ccc(CNc3ccccc3OCCOc3ccccc3)cc2)cc1. The van der Waals surface area contributed by atoms with E-state index in [1.165, 1.54) is 11.1 Å². The molecule has 0 aliphatic heterocycles. The van der Waals surface area contributed by atoms with Crippen molar-refractivity contribution in [2.45, 2.75) is 13.0 Å². The summed E-state index contributed by atoms with van der Waals surface area (Å²) in [5.74, 6) is 2.55. The van der Waals surface area contributed by atoms with Crippen LogP contribution in [-0.2, 0) is 13.0 Å². The van der Waals surface area contributed by atoms with Crippen LogP contribution in [0.25, 0.3) is 0 Å². The van der Waals surface area contributed by atoms with E-state index in [9.17, 15) is 0 Å². The summed E-state index contributed by atoms with van der Waals surface area (Å²) >= 11 is 0. The van der Waals surface area contributed by atoms with E-state index >= 15 is 0 Å². The van der Waals surface area contributed by atoms with E-state index in [0.29, 0.717) is 26.4 Å². The molecular weight excluding hydrogens is 410 g/mol. The van der Waals surface area contributed by atoms with Crippen LogP contribution in [0.5, 0.6) is 17.2 Å². The second-order valence-corrected chi connectivity index (χ2v) is 7.59. The van der Waals surface area contributed by atoms with E-state index in [-0.39, 0.29) is 0 Å². The third-order valence-electron chi connectivity index (χ3n) is 5.15. The molecule has 0 aliphatic carbocycles. The molecule has 0 heterocycles. The molecule has 4 aromatic carbocycles. The number of para-hydroxylation sites is 3. The van der Waals surface area contributed by atoms with Gasteiger partial charge in [0.05, 0.1) is 12.3 Å². The zero-order valence-corrected chi connectivity index (χ0v) is 18.7. The van der Waals surface area contributed by atoms with Crippen molar-refractivity contribution in [3.05, 3.63) is 120 Å². The molecule has 0 radical (unpaired) electrons. The van der Waals surface area contributed by atoms with Gasteiger partial charge < -0.3 is 19.5 Å². The molecule has 1 N–H and O–H groups in total. The molecule has 0 bridgehead atoms. The molecule has 0 saturated heterocycles. The molecule has 0 atom stereocenters. The third-order valence-corrected chi connectivity index (χ3v) is 5.15. The number of benzene rings is 4. The number of nitrogens with one attached hydrogen (secondary N) is 1. The van der Waals surface area contributed by atoms with Gasteiger partial charge in [-0.1, -0.05) is 72.8 Å². The highest BCUT2D eigenvalue weighted by Crippen LogP contribution is 2.24. The molecule has 0 amide bonds. The quantitative estimate of drug-likeness (QED) is 0.260. The van der Waals surface area contributed by atoms with Gasteiger partial charge in [-0.05, 0) is 47.5 Å². The Bertz CT molecular complexity index is 1080. The number of ether oxygens (including phenoxy) is 3. The summed E-state index contributed by atoms with van der Waals surface area (Å²) in [5, 5.41) is 3.47. The van der Waals surface area contributed by atoms with Gasteiger partial charge in [0, 0.05) is 13.0 Å². The molecule has 4 heteroatoms. The van der Waals surface area contributed by atoms with Gasteiger partial charge in [0.15, 0.2) is 0 Å². The Balaban J connectivity index is 1.21. The monoisotopic (exact) mass is 439 g/mol. The van der Waals surface area contributed by atoms with Gasteiger partial charge in [0.25, 0.3) is 0 Å². The van der Waals surface area contributed by atoms with Crippen LogP contribution < -0.4 is 19.5 Å². The van der Waals surface area contributed by atoms with Crippen molar-refractivity contribution in [2.75, 3.05) is 25.1 Å². The minimum atomic E-state index is 0.475. The first-order valence-electron chi connectivity index (χ1n) is 11.3. The second-order valence-electron chi connectivity index (χ2n) is 7.59. The predicted octanol–water partition coefficient (Wildman–Crippen LogP) is 6.38. The topological polar surface area (TPSA) is 39.7 Å². The van der Waals surface area contributed by atoms with E-state index in [4.69, 9.17) is 14.2 Å². The van der Waals surface area contributed by atoms with Gasteiger partial charge >= 0.3 is 0 Å². The normalized spacial score (nSPS) is 10.4. The van der Waals surface area contributed by atoms with Crippen LogP contribution in [0.2, 0.25) is 0 Å².